The highest BCUT2D eigenvalue weighted by Gasteiger charge is 2.29. The Balaban J connectivity index is 1.51. The SMILES string of the molecule is CCN(C(=O)c1ccc(-c2ccccc2)cc1)C1CCC2=C(C=NC2)C1. The third-order valence-corrected chi connectivity index (χ3v) is 5.50. The summed E-state index contributed by atoms with van der Waals surface area (Å²) in [6.45, 7) is 3.68. The van der Waals surface area contributed by atoms with E-state index >= 15 is 0 Å². The van der Waals surface area contributed by atoms with E-state index in [1.165, 1.54) is 16.7 Å². The van der Waals surface area contributed by atoms with E-state index < -0.39 is 0 Å². The zero-order valence-electron chi connectivity index (χ0n) is 15.2. The lowest BCUT2D eigenvalue weighted by molar-refractivity contribution is 0.0676. The number of hydrogen-bond donors (Lipinski definition) is 0. The highest BCUT2D eigenvalue weighted by molar-refractivity contribution is 5.95. The molecular formula is C23H24N2O. The van der Waals surface area contributed by atoms with E-state index in [-0.39, 0.29) is 11.9 Å². The van der Waals surface area contributed by atoms with E-state index in [9.17, 15) is 4.79 Å². The Morgan fingerprint density at radius 3 is 2.54 bits per heavy atom. The molecule has 0 radical (unpaired) electrons. The maximum Gasteiger partial charge on any atom is 0.254 e. The van der Waals surface area contributed by atoms with Crippen LogP contribution in [0.2, 0.25) is 0 Å². The van der Waals surface area contributed by atoms with E-state index in [1.54, 1.807) is 0 Å². The third kappa shape index (κ3) is 3.22. The van der Waals surface area contributed by atoms with Gasteiger partial charge in [-0.25, -0.2) is 0 Å². The average Bonchev–Trinajstić information content (AvgIpc) is 3.17. The summed E-state index contributed by atoms with van der Waals surface area (Å²) in [5.41, 5.74) is 5.90. The molecule has 0 spiro atoms. The van der Waals surface area contributed by atoms with Crippen LogP contribution in [0, 0.1) is 0 Å². The lowest BCUT2D eigenvalue weighted by Crippen LogP contribution is -2.41. The van der Waals surface area contributed by atoms with Gasteiger partial charge in [-0.3, -0.25) is 9.79 Å². The molecule has 0 N–H and O–H groups in total. The summed E-state index contributed by atoms with van der Waals surface area (Å²) in [6.07, 6.45) is 5.07. The Labute approximate surface area is 155 Å². The molecule has 0 saturated heterocycles. The van der Waals surface area contributed by atoms with Crippen LogP contribution in [0.25, 0.3) is 11.1 Å². The summed E-state index contributed by atoms with van der Waals surface area (Å²) in [5.74, 6) is 0.135. The molecule has 3 heteroatoms. The quantitative estimate of drug-likeness (QED) is 0.788. The number of carbonyl (C=O) groups excluding carboxylic acids is 1. The molecule has 0 bridgehead atoms. The fourth-order valence-corrected chi connectivity index (χ4v) is 4.03. The van der Waals surface area contributed by atoms with Gasteiger partial charge in [0.15, 0.2) is 0 Å². The van der Waals surface area contributed by atoms with Gasteiger partial charge in [0.2, 0.25) is 0 Å². The minimum absolute atomic E-state index is 0.135. The van der Waals surface area contributed by atoms with Crippen LogP contribution in [0.1, 0.15) is 36.5 Å². The first kappa shape index (κ1) is 16.8. The minimum atomic E-state index is 0.135. The molecule has 1 heterocycles. The van der Waals surface area contributed by atoms with Crippen molar-refractivity contribution in [3.63, 3.8) is 0 Å². The summed E-state index contributed by atoms with van der Waals surface area (Å²) in [7, 11) is 0. The van der Waals surface area contributed by atoms with Crippen molar-refractivity contribution in [3.05, 3.63) is 71.3 Å². The second-order valence-corrected chi connectivity index (χ2v) is 7.03. The molecule has 1 amide bonds. The Kier molecular flexibility index (Phi) is 4.70. The van der Waals surface area contributed by atoms with Crippen LogP contribution in [-0.4, -0.2) is 36.2 Å². The van der Waals surface area contributed by atoms with Crippen molar-refractivity contribution in [2.75, 3.05) is 13.1 Å². The highest BCUT2D eigenvalue weighted by atomic mass is 16.2. The van der Waals surface area contributed by atoms with Crippen LogP contribution < -0.4 is 0 Å². The summed E-state index contributed by atoms with van der Waals surface area (Å²) >= 11 is 0. The summed E-state index contributed by atoms with van der Waals surface area (Å²) in [5, 5.41) is 0. The number of benzene rings is 2. The second kappa shape index (κ2) is 7.28. The van der Waals surface area contributed by atoms with Gasteiger partial charge in [0.1, 0.15) is 0 Å². The Morgan fingerprint density at radius 1 is 1.08 bits per heavy atom. The molecule has 0 fully saturated rings. The predicted molar refractivity (Wildman–Crippen MR) is 107 cm³/mol. The fraction of sp³-hybridized carbons (Fsp3) is 0.304. The minimum Gasteiger partial charge on any atom is -0.336 e. The molecule has 1 aliphatic heterocycles. The van der Waals surface area contributed by atoms with Gasteiger partial charge in [-0.2, -0.15) is 0 Å². The molecule has 0 aromatic heterocycles. The van der Waals surface area contributed by atoms with Gasteiger partial charge in [-0.05, 0) is 60.6 Å². The van der Waals surface area contributed by atoms with E-state index in [0.717, 1.165) is 43.5 Å². The van der Waals surface area contributed by atoms with Crippen molar-refractivity contribution < 1.29 is 4.79 Å². The first-order valence-electron chi connectivity index (χ1n) is 9.43. The molecule has 3 nitrogen and oxygen atoms in total. The summed E-state index contributed by atoms with van der Waals surface area (Å²) < 4.78 is 0. The van der Waals surface area contributed by atoms with Crippen LogP contribution in [0.4, 0.5) is 0 Å². The molecule has 4 rings (SSSR count). The Hall–Kier alpha value is -2.68. The molecule has 1 aliphatic carbocycles. The normalized spacial score (nSPS) is 18.7. The monoisotopic (exact) mass is 344 g/mol. The number of rotatable bonds is 4. The second-order valence-electron chi connectivity index (χ2n) is 7.03. The van der Waals surface area contributed by atoms with Crippen LogP contribution >= 0.6 is 0 Å². The first-order chi connectivity index (χ1) is 12.8. The topological polar surface area (TPSA) is 32.7 Å². The maximum atomic E-state index is 13.1. The van der Waals surface area contributed by atoms with Crippen molar-refractivity contribution in [1.29, 1.82) is 0 Å². The summed E-state index contributed by atoms with van der Waals surface area (Å²) in [6, 6.07) is 18.5. The van der Waals surface area contributed by atoms with E-state index in [2.05, 4.69) is 24.0 Å². The zero-order chi connectivity index (χ0) is 17.9. The third-order valence-electron chi connectivity index (χ3n) is 5.50. The molecule has 2 aromatic carbocycles. The maximum absolute atomic E-state index is 13.1. The van der Waals surface area contributed by atoms with Crippen molar-refractivity contribution in [2.24, 2.45) is 4.99 Å². The van der Waals surface area contributed by atoms with Crippen molar-refractivity contribution in [3.8, 4) is 11.1 Å². The largest absolute Gasteiger partial charge is 0.336 e. The van der Waals surface area contributed by atoms with E-state index in [4.69, 9.17) is 0 Å². The van der Waals surface area contributed by atoms with Crippen molar-refractivity contribution >= 4 is 12.1 Å². The Bertz CT molecular complexity index is 850. The van der Waals surface area contributed by atoms with Crippen LogP contribution in [-0.2, 0) is 0 Å². The molecule has 1 atom stereocenters. The highest BCUT2D eigenvalue weighted by Crippen LogP contribution is 2.31. The smallest absolute Gasteiger partial charge is 0.254 e. The molecule has 2 aromatic rings. The van der Waals surface area contributed by atoms with Gasteiger partial charge < -0.3 is 4.90 Å². The number of hydrogen-bond acceptors (Lipinski definition) is 2. The lowest BCUT2D eigenvalue weighted by Gasteiger charge is -2.34. The zero-order valence-corrected chi connectivity index (χ0v) is 15.2. The van der Waals surface area contributed by atoms with Gasteiger partial charge in [0.05, 0.1) is 6.54 Å². The Morgan fingerprint density at radius 2 is 1.81 bits per heavy atom. The van der Waals surface area contributed by atoms with Crippen molar-refractivity contribution in [1.82, 2.24) is 4.90 Å². The molecular weight excluding hydrogens is 320 g/mol. The number of carbonyl (C=O) groups is 1. The van der Waals surface area contributed by atoms with E-state index in [0.29, 0.717) is 0 Å². The van der Waals surface area contributed by atoms with Gasteiger partial charge in [0, 0.05) is 24.4 Å². The van der Waals surface area contributed by atoms with Gasteiger partial charge >= 0.3 is 0 Å². The molecule has 1 unspecified atom stereocenters. The first-order valence-corrected chi connectivity index (χ1v) is 9.43. The number of amides is 1. The van der Waals surface area contributed by atoms with E-state index in [1.807, 2.05) is 53.6 Å². The van der Waals surface area contributed by atoms with Crippen molar-refractivity contribution in [2.45, 2.75) is 32.2 Å². The predicted octanol–water partition coefficient (Wildman–Crippen LogP) is 4.75. The number of nitrogens with zero attached hydrogens (tertiary/aromatic N) is 2. The van der Waals surface area contributed by atoms with Crippen LogP contribution in [0.15, 0.2) is 70.7 Å². The standard InChI is InChI=1S/C23H24N2O/c1-2-25(22-13-12-20-15-24-16-21(20)14-22)23(26)19-10-8-18(9-11-19)17-6-4-3-5-7-17/h3-11,16,22H,2,12-15H2,1H3. The molecule has 132 valence electrons. The van der Waals surface area contributed by atoms with Crippen LogP contribution in [0.3, 0.4) is 0 Å². The fourth-order valence-electron chi connectivity index (χ4n) is 4.03. The van der Waals surface area contributed by atoms with Gasteiger partial charge in [-0.1, -0.05) is 42.5 Å². The molecule has 2 aliphatic rings. The average molecular weight is 344 g/mol. The van der Waals surface area contributed by atoms with Gasteiger partial charge in [-0.15, -0.1) is 0 Å². The number of aliphatic imine (C=N–C) groups is 1. The molecule has 26 heavy (non-hydrogen) atoms. The summed E-state index contributed by atoms with van der Waals surface area (Å²) in [4.78, 5) is 19.5. The lowest BCUT2D eigenvalue weighted by atomic mass is 9.88. The van der Waals surface area contributed by atoms with Gasteiger partial charge in [0.25, 0.3) is 5.91 Å². The molecule has 0 saturated carbocycles. The van der Waals surface area contributed by atoms with Crippen LogP contribution in [0.5, 0.6) is 0 Å².